The Morgan fingerprint density at radius 1 is 0.837 bits per heavy atom. The molecule has 2 aromatic carbocycles. The second-order valence-electron chi connectivity index (χ2n) is 14.3. The van der Waals surface area contributed by atoms with Crippen LogP contribution in [0.4, 0.5) is 11.4 Å². The lowest BCUT2D eigenvalue weighted by molar-refractivity contribution is 0.0497. The summed E-state index contributed by atoms with van der Waals surface area (Å²) in [5.41, 5.74) is 4.52. The number of rotatable bonds is 11. The van der Waals surface area contributed by atoms with E-state index in [1.807, 2.05) is 79.0 Å². The number of aryl methyl sites for hydroxylation is 2. The molecule has 4 aliphatic heterocycles. The largest absolute Gasteiger partial charge is 0.493 e. The van der Waals surface area contributed by atoms with Crippen LogP contribution in [0.25, 0.3) is 0 Å². The van der Waals surface area contributed by atoms with E-state index in [0.717, 1.165) is 67.0 Å². The summed E-state index contributed by atoms with van der Waals surface area (Å²) in [7, 11) is 0. The Morgan fingerprint density at radius 2 is 1.43 bits per heavy atom. The van der Waals surface area contributed by atoms with Gasteiger partial charge in [-0.2, -0.15) is 0 Å². The normalized spacial score (nSPS) is 24.8. The fourth-order valence-electron chi connectivity index (χ4n) is 7.98. The first-order valence-corrected chi connectivity index (χ1v) is 18.0. The van der Waals surface area contributed by atoms with Gasteiger partial charge in [0.25, 0.3) is 11.8 Å². The molecule has 2 amide bonds. The van der Waals surface area contributed by atoms with Crippen LogP contribution in [-0.2, 0) is 0 Å². The lowest BCUT2D eigenvalue weighted by Gasteiger charge is -2.37. The van der Waals surface area contributed by atoms with Gasteiger partial charge < -0.3 is 29.3 Å². The van der Waals surface area contributed by atoms with Crippen molar-refractivity contribution in [1.82, 2.24) is 9.80 Å². The van der Waals surface area contributed by atoms with Crippen LogP contribution < -0.4 is 14.4 Å². The van der Waals surface area contributed by atoms with Gasteiger partial charge in [0, 0.05) is 37.5 Å². The van der Waals surface area contributed by atoms with Crippen LogP contribution in [0.5, 0.6) is 11.5 Å². The number of hydrogen-bond donors (Lipinski definition) is 1. The number of anilines is 1. The predicted molar refractivity (Wildman–Crippen MR) is 194 cm³/mol. The van der Waals surface area contributed by atoms with E-state index < -0.39 is 6.23 Å². The molecule has 1 N–H and O–H groups in total. The van der Waals surface area contributed by atoms with Crippen LogP contribution in [0.1, 0.15) is 91.6 Å². The van der Waals surface area contributed by atoms with Gasteiger partial charge in [-0.1, -0.05) is 24.3 Å². The molecule has 9 nitrogen and oxygen atoms in total. The van der Waals surface area contributed by atoms with Crippen LogP contribution >= 0.6 is 0 Å². The average Bonchev–Trinajstić information content (AvgIpc) is 3.64. The van der Waals surface area contributed by atoms with Gasteiger partial charge in [-0.05, 0) is 109 Å². The number of amides is 2. The summed E-state index contributed by atoms with van der Waals surface area (Å²) < 4.78 is 12.4. The molecule has 0 spiro atoms. The molecule has 4 heterocycles. The zero-order chi connectivity index (χ0) is 34.8. The number of nitrogens with zero attached hydrogens (tertiary/aromatic N) is 4. The minimum absolute atomic E-state index is 0.00160. The molecule has 2 aromatic rings. The SMILES string of the molecule is C/C=C/C1C[C@H]2C=Nc3cc(OCCCCCOc4cc5c(cc4C)C(=O)N4CC(/C=C/C)C[C@H]4C(O)N5C(C)C)c(C)cc3C(=O)N2C1. The van der Waals surface area contributed by atoms with Crippen molar-refractivity contribution >= 4 is 29.4 Å². The maximum atomic E-state index is 13.8. The van der Waals surface area contributed by atoms with Gasteiger partial charge in [-0.25, -0.2) is 0 Å². The summed E-state index contributed by atoms with van der Waals surface area (Å²) in [5.74, 6) is 2.14. The lowest BCUT2D eigenvalue weighted by Crippen LogP contribution is -2.50. The van der Waals surface area contributed by atoms with E-state index in [2.05, 4.69) is 32.1 Å². The molecule has 4 aliphatic rings. The number of allylic oxidation sites excluding steroid dienone is 2. The number of benzene rings is 2. The van der Waals surface area contributed by atoms with E-state index >= 15 is 0 Å². The van der Waals surface area contributed by atoms with E-state index in [-0.39, 0.29) is 35.9 Å². The van der Waals surface area contributed by atoms with Gasteiger partial charge >= 0.3 is 0 Å². The van der Waals surface area contributed by atoms with Crippen molar-refractivity contribution in [1.29, 1.82) is 0 Å². The molecule has 0 aliphatic carbocycles. The third kappa shape index (κ3) is 7.00. The molecule has 0 bridgehead atoms. The lowest BCUT2D eigenvalue weighted by atomic mass is 10.0. The second-order valence-corrected chi connectivity index (χ2v) is 14.3. The number of aliphatic imine (C=N–C) groups is 1. The number of fused-ring (bicyclic) bond motifs is 4. The van der Waals surface area contributed by atoms with Crippen molar-refractivity contribution in [3.05, 3.63) is 70.8 Å². The van der Waals surface area contributed by atoms with E-state index in [9.17, 15) is 14.7 Å². The molecule has 6 rings (SSSR count). The maximum Gasteiger partial charge on any atom is 0.256 e. The Morgan fingerprint density at radius 3 is 2.08 bits per heavy atom. The molecule has 2 fully saturated rings. The Hall–Kier alpha value is -4.11. The molecule has 3 unspecified atom stereocenters. The summed E-state index contributed by atoms with van der Waals surface area (Å²) >= 11 is 0. The number of hydrogen-bond acceptors (Lipinski definition) is 7. The van der Waals surface area contributed by atoms with Crippen LogP contribution in [0, 0.1) is 25.7 Å². The predicted octanol–water partition coefficient (Wildman–Crippen LogP) is 7.01. The van der Waals surface area contributed by atoms with Gasteiger partial charge in [0.05, 0.1) is 47.8 Å². The van der Waals surface area contributed by atoms with Gasteiger partial charge in [0.2, 0.25) is 0 Å². The third-order valence-corrected chi connectivity index (χ3v) is 10.4. The number of aliphatic hydroxyl groups is 1. The zero-order valence-corrected chi connectivity index (χ0v) is 29.9. The van der Waals surface area contributed by atoms with Crippen LogP contribution in [-0.4, -0.2) is 83.6 Å². The minimum atomic E-state index is -0.792. The van der Waals surface area contributed by atoms with E-state index in [1.54, 1.807) is 0 Å². The van der Waals surface area contributed by atoms with Gasteiger partial charge in [0.1, 0.15) is 17.7 Å². The maximum absolute atomic E-state index is 13.8. The first kappa shape index (κ1) is 34.7. The molecule has 0 saturated carbocycles. The van der Waals surface area contributed by atoms with E-state index in [0.29, 0.717) is 42.5 Å². The molecule has 2 saturated heterocycles. The minimum Gasteiger partial charge on any atom is -0.493 e. The van der Waals surface area contributed by atoms with Gasteiger partial charge in [-0.15, -0.1) is 0 Å². The molecular weight excluding hydrogens is 616 g/mol. The standard InChI is InChI=1S/C40H52N4O5/c1-7-12-28-18-30-22-41-33-20-36(26(5)16-31(33)38(45)42(30)23-28)48-14-10-9-11-15-49-37-21-34-32(17-27(37)6)39(46)43-24-29(13-8-2)19-35(43)40(47)44(34)25(3)4/h7-8,12-13,16-17,20-22,25,28-30,35,40,47H,9-11,14-15,18-19,23-24H2,1-6H3/b12-7+,13-8+/t28?,29?,30-,35-,40?/m0/s1. The summed E-state index contributed by atoms with van der Waals surface area (Å²) in [6.07, 6.45) is 13.8. The Kier molecular flexibility index (Phi) is 10.5. The smallest absolute Gasteiger partial charge is 0.256 e. The summed E-state index contributed by atoms with van der Waals surface area (Å²) in [6, 6.07) is 7.47. The zero-order valence-electron chi connectivity index (χ0n) is 29.9. The second kappa shape index (κ2) is 14.8. The van der Waals surface area contributed by atoms with E-state index in [1.165, 1.54) is 0 Å². The van der Waals surface area contributed by atoms with Crippen molar-refractivity contribution in [2.75, 3.05) is 31.2 Å². The molecule has 262 valence electrons. The third-order valence-electron chi connectivity index (χ3n) is 10.4. The fourth-order valence-corrected chi connectivity index (χ4v) is 7.98. The van der Waals surface area contributed by atoms with Crippen molar-refractivity contribution in [2.24, 2.45) is 16.8 Å². The number of aliphatic hydroxyl groups excluding tert-OH is 1. The number of carbonyl (C=O) groups excluding carboxylic acids is 2. The van der Waals surface area contributed by atoms with Crippen molar-refractivity contribution < 1.29 is 24.2 Å². The van der Waals surface area contributed by atoms with Gasteiger partial charge in [0.15, 0.2) is 0 Å². The monoisotopic (exact) mass is 668 g/mol. The highest BCUT2D eigenvalue weighted by Gasteiger charge is 2.45. The first-order chi connectivity index (χ1) is 23.6. The quantitative estimate of drug-likeness (QED) is 0.205. The van der Waals surface area contributed by atoms with Crippen molar-refractivity contribution in [3.63, 3.8) is 0 Å². The topological polar surface area (TPSA) is 94.9 Å². The van der Waals surface area contributed by atoms with E-state index in [4.69, 9.17) is 14.5 Å². The molecule has 9 heteroatoms. The Bertz CT molecular complexity index is 1650. The van der Waals surface area contributed by atoms with Crippen molar-refractivity contribution in [2.45, 2.75) is 98.0 Å². The average molecular weight is 669 g/mol. The fraction of sp³-hybridized carbons (Fsp3) is 0.525. The highest BCUT2D eigenvalue weighted by Crippen LogP contribution is 2.41. The molecule has 0 aromatic heterocycles. The molecule has 0 radical (unpaired) electrons. The summed E-state index contributed by atoms with van der Waals surface area (Å²) in [4.78, 5) is 37.7. The Balaban J connectivity index is 1.03. The van der Waals surface area contributed by atoms with Gasteiger partial charge in [-0.3, -0.25) is 14.6 Å². The number of ether oxygens (including phenoxy) is 2. The van der Waals surface area contributed by atoms with Crippen LogP contribution in [0.15, 0.2) is 53.6 Å². The highest BCUT2D eigenvalue weighted by atomic mass is 16.5. The molecule has 49 heavy (non-hydrogen) atoms. The summed E-state index contributed by atoms with van der Waals surface area (Å²) in [6.45, 7) is 14.5. The highest BCUT2D eigenvalue weighted by molar-refractivity contribution is 6.03. The first-order valence-electron chi connectivity index (χ1n) is 18.0. The number of carbonyl (C=O) groups is 2. The Labute approximate surface area is 291 Å². The summed E-state index contributed by atoms with van der Waals surface area (Å²) in [5, 5.41) is 11.6. The van der Waals surface area contributed by atoms with Crippen LogP contribution in [0.3, 0.4) is 0 Å². The number of unbranched alkanes of at least 4 members (excludes halogenated alkanes) is 2. The molecule has 5 atom stereocenters. The van der Waals surface area contributed by atoms with Crippen molar-refractivity contribution in [3.8, 4) is 11.5 Å². The molecular formula is C40H52N4O5. The van der Waals surface area contributed by atoms with Crippen LogP contribution in [0.2, 0.25) is 0 Å².